The van der Waals surface area contributed by atoms with Crippen LogP contribution >= 0.6 is 11.8 Å². The van der Waals surface area contributed by atoms with Gasteiger partial charge in [0.25, 0.3) is 0 Å². The van der Waals surface area contributed by atoms with Gasteiger partial charge in [-0.1, -0.05) is 37.3 Å². The number of rotatable bonds is 5. The highest BCUT2D eigenvalue weighted by Crippen LogP contribution is 2.39. The molecule has 0 saturated carbocycles. The van der Waals surface area contributed by atoms with Crippen LogP contribution in [-0.4, -0.2) is 6.04 Å². The summed E-state index contributed by atoms with van der Waals surface area (Å²) in [5.74, 6) is 0.947. The predicted molar refractivity (Wildman–Crippen MR) is 89.5 cm³/mol. The molecule has 0 amide bonds. The largest absolute Gasteiger partial charge is 0.468 e. The molecule has 0 radical (unpaired) electrons. The van der Waals surface area contributed by atoms with E-state index in [9.17, 15) is 0 Å². The number of benzene rings is 2. The first-order valence-electron chi connectivity index (χ1n) is 7.22. The molecule has 0 bridgehead atoms. The molecule has 2 unspecified atom stereocenters. The van der Waals surface area contributed by atoms with Crippen LogP contribution in [0, 0.1) is 0 Å². The smallest absolute Gasteiger partial charge is 0.118 e. The molecular weight excluding hydrogens is 278 g/mol. The molecule has 2 N–H and O–H groups in total. The number of nitrogens with two attached hydrogens (primary N) is 1. The van der Waals surface area contributed by atoms with Crippen molar-refractivity contribution in [3.05, 3.63) is 66.6 Å². The van der Waals surface area contributed by atoms with E-state index in [0.29, 0.717) is 0 Å². The summed E-state index contributed by atoms with van der Waals surface area (Å²) in [6.45, 7) is 2.11. The van der Waals surface area contributed by atoms with Gasteiger partial charge in [0.1, 0.15) is 5.76 Å². The minimum Gasteiger partial charge on any atom is -0.468 e. The first-order chi connectivity index (χ1) is 10.3. The Morgan fingerprint density at radius 2 is 1.86 bits per heavy atom. The van der Waals surface area contributed by atoms with Crippen molar-refractivity contribution < 1.29 is 4.42 Å². The van der Waals surface area contributed by atoms with Gasteiger partial charge in [-0.05, 0) is 41.5 Å². The summed E-state index contributed by atoms with van der Waals surface area (Å²) in [6.07, 6.45) is 2.64. The zero-order valence-electron chi connectivity index (χ0n) is 12.0. The maximum absolute atomic E-state index is 6.29. The monoisotopic (exact) mass is 297 g/mol. The van der Waals surface area contributed by atoms with Gasteiger partial charge < -0.3 is 10.2 Å². The third kappa shape index (κ3) is 3.14. The Hall–Kier alpha value is -1.71. The maximum atomic E-state index is 6.29. The second-order valence-electron chi connectivity index (χ2n) is 5.13. The highest BCUT2D eigenvalue weighted by atomic mass is 32.2. The zero-order valence-corrected chi connectivity index (χ0v) is 12.8. The first-order valence-corrected chi connectivity index (χ1v) is 8.10. The lowest BCUT2D eigenvalue weighted by molar-refractivity contribution is 0.474. The average Bonchev–Trinajstić information content (AvgIpc) is 3.06. The van der Waals surface area contributed by atoms with Crippen molar-refractivity contribution in [3.8, 4) is 0 Å². The maximum Gasteiger partial charge on any atom is 0.118 e. The molecule has 21 heavy (non-hydrogen) atoms. The molecule has 3 heteroatoms. The molecule has 2 aromatic carbocycles. The van der Waals surface area contributed by atoms with Gasteiger partial charge in [0.2, 0.25) is 0 Å². The van der Waals surface area contributed by atoms with Crippen molar-refractivity contribution in [2.24, 2.45) is 5.73 Å². The predicted octanol–water partition coefficient (Wildman–Crippen LogP) is 5.00. The highest BCUT2D eigenvalue weighted by molar-refractivity contribution is 7.99. The van der Waals surface area contributed by atoms with Gasteiger partial charge in [-0.15, -0.1) is 11.8 Å². The van der Waals surface area contributed by atoms with E-state index in [4.69, 9.17) is 10.2 Å². The van der Waals surface area contributed by atoms with Crippen LogP contribution in [0.3, 0.4) is 0 Å². The third-order valence-corrected chi connectivity index (χ3v) is 5.03. The van der Waals surface area contributed by atoms with Gasteiger partial charge >= 0.3 is 0 Å². The molecule has 0 saturated heterocycles. The summed E-state index contributed by atoms with van der Waals surface area (Å²) in [5, 5.41) is 2.66. The molecule has 0 aliphatic rings. The fourth-order valence-corrected chi connectivity index (χ4v) is 3.66. The van der Waals surface area contributed by atoms with Gasteiger partial charge in [0.15, 0.2) is 0 Å². The Kier molecular flexibility index (Phi) is 4.32. The standard InChI is InChI=1S/C18H19NOS/c1-2-16(19)18(17-8-5-11-20-17)21-15-10-9-13-6-3-4-7-14(13)12-15/h3-12,16,18H,2,19H2,1H3. The molecule has 1 heterocycles. The lowest BCUT2D eigenvalue weighted by Crippen LogP contribution is -2.25. The van der Waals surface area contributed by atoms with Crippen molar-refractivity contribution in [1.29, 1.82) is 0 Å². The Bertz CT molecular complexity index is 708. The quantitative estimate of drug-likeness (QED) is 0.673. The lowest BCUT2D eigenvalue weighted by atomic mass is 10.1. The van der Waals surface area contributed by atoms with Crippen molar-refractivity contribution in [1.82, 2.24) is 0 Å². The van der Waals surface area contributed by atoms with Gasteiger partial charge in [-0.3, -0.25) is 0 Å². The Morgan fingerprint density at radius 1 is 1.05 bits per heavy atom. The Balaban J connectivity index is 1.90. The molecule has 0 aliphatic heterocycles. The molecule has 3 aromatic rings. The minimum atomic E-state index is 0.0765. The van der Waals surface area contributed by atoms with Crippen LogP contribution in [0.5, 0.6) is 0 Å². The second kappa shape index (κ2) is 6.37. The van der Waals surface area contributed by atoms with Crippen LogP contribution in [-0.2, 0) is 0 Å². The molecule has 3 rings (SSSR count). The Labute approximate surface area is 129 Å². The Morgan fingerprint density at radius 3 is 2.57 bits per heavy atom. The molecule has 0 aliphatic carbocycles. The zero-order chi connectivity index (χ0) is 14.7. The summed E-state index contributed by atoms with van der Waals surface area (Å²) in [6, 6.07) is 18.9. The summed E-state index contributed by atoms with van der Waals surface area (Å²) >= 11 is 1.78. The van der Waals surface area contributed by atoms with Crippen LogP contribution in [0.2, 0.25) is 0 Å². The average molecular weight is 297 g/mol. The van der Waals surface area contributed by atoms with Crippen LogP contribution < -0.4 is 5.73 Å². The second-order valence-corrected chi connectivity index (χ2v) is 6.35. The minimum absolute atomic E-state index is 0.0765. The van der Waals surface area contributed by atoms with Crippen molar-refractivity contribution in [2.75, 3.05) is 0 Å². The molecule has 108 valence electrons. The van der Waals surface area contributed by atoms with Crippen molar-refractivity contribution in [3.63, 3.8) is 0 Å². The topological polar surface area (TPSA) is 39.2 Å². The van der Waals surface area contributed by atoms with Gasteiger partial charge in [0.05, 0.1) is 11.5 Å². The number of furan rings is 1. The van der Waals surface area contributed by atoms with Gasteiger partial charge in [-0.2, -0.15) is 0 Å². The highest BCUT2D eigenvalue weighted by Gasteiger charge is 2.22. The summed E-state index contributed by atoms with van der Waals surface area (Å²) in [5.41, 5.74) is 6.29. The molecule has 0 spiro atoms. The van der Waals surface area contributed by atoms with E-state index in [1.54, 1.807) is 18.0 Å². The van der Waals surface area contributed by atoms with E-state index >= 15 is 0 Å². The normalized spacial score (nSPS) is 14.2. The van der Waals surface area contributed by atoms with E-state index in [1.807, 2.05) is 12.1 Å². The number of thioether (sulfide) groups is 1. The fourth-order valence-electron chi connectivity index (χ4n) is 2.41. The number of hydrogen-bond donors (Lipinski definition) is 1. The molecule has 2 nitrogen and oxygen atoms in total. The third-order valence-electron chi connectivity index (χ3n) is 3.67. The summed E-state index contributed by atoms with van der Waals surface area (Å²) < 4.78 is 5.58. The first kappa shape index (κ1) is 14.2. The van der Waals surface area contributed by atoms with Crippen LogP contribution in [0.4, 0.5) is 0 Å². The van der Waals surface area contributed by atoms with Crippen LogP contribution in [0.15, 0.2) is 70.2 Å². The van der Waals surface area contributed by atoms with Crippen LogP contribution in [0.1, 0.15) is 24.4 Å². The van der Waals surface area contributed by atoms with E-state index < -0.39 is 0 Å². The molecular formula is C18H19NOS. The van der Waals surface area contributed by atoms with Gasteiger partial charge in [0, 0.05) is 10.9 Å². The van der Waals surface area contributed by atoms with E-state index in [2.05, 4.69) is 49.4 Å². The van der Waals surface area contributed by atoms with E-state index in [0.717, 1.165) is 12.2 Å². The number of hydrogen-bond acceptors (Lipinski definition) is 3. The molecule has 2 atom stereocenters. The lowest BCUT2D eigenvalue weighted by Gasteiger charge is -2.20. The van der Waals surface area contributed by atoms with Gasteiger partial charge in [-0.25, -0.2) is 0 Å². The summed E-state index contributed by atoms with van der Waals surface area (Å²) in [7, 11) is 0. The fraction of sp³-hybridized carbons (Fsp3) is 0.222. The number of fused-ring (bicyclic) bond motifs is 1. The van der Waals surface area contributed by atoms with E-state index in [1.165, 1.54) is 15.7 Å². The van der Waals surface area contributed by atoms with Crippen LogP contribution in [0.25, 0.3) is 10.8 Å². The molecule has 0 fully saturated rings. The molecule has 1 aromatic heterocycles. The summed E-state index contributed by atoms with van der Waals surface area (Å²) in [4.78, 5) is 1.22. The van der Waals surface area contributed by atoms with E-state index in [-0.39, 0.29) is 11.3 Å². The van der Waals surface area contributed by atoms with Crippen molar-refractivity contribution >= 4 is 22.5 Å². The van der Waals surface area contributed by atoms with Crippen molar-refractivity contribution in [2.45, 2.75) is 29.5 Å². The SMILES string of the molecule is CCC(N)C(Sc1ccc2ccccc2c1)c1ccco1.